The lowest BCUT2D eigenvalue weighted by molar-refractivity contribution is 0.0485. The van der Waals surface area contributed by atoms with Crippen LogP contribution >= 0.6 is 0 Å². The van der Waals surface area contributed by atoms with Crippen LogP contribution in [0.25, 0.3) is 0 Å². The highest BCUT2D eigenvalue weighted by Crippen LogP contribution is 2.39. The third kappa shape index (κ3) is 2.67. The lowest BCUT2D eigenvalue weighted by Gasteiger charge is -2.38. The molecule has 0 aromatic rings. The summed E-state index contributed by atoms with van der Waals surface area (Å²) < 4.78 is 5.41. The van der Waals surface area contributed by atoms with E-state index in [1.165, 1.54) is 24.1 Å². The molecule has 0 bridgehead atoms. The van der Waals surface area contributed by atoms with Gasteiger partial charge < -0.3 is 9.64 Å². The monoisotopic (exact) mass is 221 g/mol. The number of hydrogen-bond donors (Lipinski definition) is 0. The molecule has 2 aliphatic rings. The molecule has 2 nitrogen and oxygen atoms in total. The fourth-order valence-electron chi connectivity index (χ4n) is 2.66. The third-order valence-electron chi connectivity index (χ3n) is 3.48. The highest BCUT2D eigenvalue weighted by molar-refractivity contribution is 5.29. The van der Waals surface area contributed by atoms with Crippen LogP contribution in [0.1, 0.15) is 33.6 Å². The Kier molecular flexibility index (Phi) is 3.38. The molecule has 0 atom stereocenters. The number of allylic oxidation sites excluding steroid dienone is 4. The molecule has 0 spiro atoms. The van der Waals surface area contributed by atoms with Crippen molar-refractivity contribution < 1.29 is 4.74 Å². The van der Waals surface area contributed by atoms with Gasteiger partial charge in [0.1, 0.15) is 0 Å². The van der Waals surface area contributed by atoms with Crippen molar-refractivity contribution in [1.82, 2.24) is 4.90 Å². The second-order valence-electron chi connectivity index (χ2n) is 5.62. The number of nitrogens with zero attached hydrogens (tertiary/aromatic N) is 1. The van der Waals surface area contributed by atoms with Gasteiger partial charge in [-0.1, -0.05) is 25.5 Å². The minimum atomic E-state index is 0.407. The van der Waals surface area contributed by atoms with E-state index in [1.54, 1.807) is 0 Å². The van der Waals surface area contributed by atoms with Crippen LogP contribution in [-0.2, 0) is 4.74 Å². The normalized spacial score (nSPS) is 28.1. The second-order valence-corrected chi connectivity index (χ2v) is 5.62. The van der Waals surface area contributed by atoms with Gasteiger partial charge in [-0.15, -0.1) is 0 Å². The maximum Gasteiger partial charge on any atom is 0.0642 e. The van der Waals surface area contributed by atoms with Crippen LogP contribution in [0.3, 0.4) is 0 Å². The van der Waals surface area contributed by atoms with E-state index in [9.17, 15) is 0 Å². The van der Waals surface area contributed by atoms with Gasteiger partial charge in [0.05, 0.1) is 13.2 Å². The minimum Gasteiger partial charge on any atom is -0.378 e. The molecular formula is C14H23NO. The third-order valence-corrected chi connectivity index (χ3v) is 3.48. The van der Waals surface area contributed by atoms with Gasteiger partial charge in [-0.3, -0.25) is 0 Å². The average molecular weight is 221 g/mol. The lowest BCUT2D eigenvalue weighted by Crippen LogP contribution is -2.38. The van der Waals surface area contributed by atoms with Crippen LogP contribution < -0.4 is 0 Å². The number of morpholine rings is 1. The standard InChI is InChI=1S/C14H23NO/c1-4-12-9-13(11-14(2,3)10-12)15-5-7-16-8-6-15/h4,9H,5-8,10-11H2,1-3H3/b12-4-. The predicted octanol–water partition coefficient (Wildman–Crippen LogP) is 2.97. The van der Waals surface area contributed by atoms with Gasteiger partial charge in [-0.25, -0.2) is 0 Å². The Balaban J connectivity index is 2.15. The topological polar surface area (TPSA) is 12.5 Å². The van der Waals surface area contributed by atoms with Crippen molar-refractivity contribution in [3.8, 4) is 0 Å². The molecule has 16 heavy (non-hydrogen) atoms. The zero-order chi connectivity index (χ0) is 11.6. The molecule has 0 aromatic heterocycles. The summed E-state index contributed by atoms with van der Waals surface area (Å²) in [7, 11) is 0. The largest absolute Gasteiger partial charge is 0.378 e. The molecule has 0 amide bonds. The first-order chi connectivity index (χ1) is 7.61. The van der Waals surface area contributed by atoms with Gasteiger partial charge in [-0.2, -0.15) is 0 Å². The summed E-state index contributed by atoms with van der Waals surface area (Å²) in [5.74, 6) is 0. The molecule has 0 unspecified atom stereocenters. The lowest BCUT2D eigenvalue weighted by atomic mass is 9.77. The molecule has 90 valence electrons. The van der Waals surface area contributed by atoms with Crippen LogP contribution in [0, 0.1) is 5.41 Å². The zero-order valence-electron chi connectivity index (χ0n) is 10.8. The molecule has 1 heterocycles. The summed E-state index contributed by atoms with van der Waals surface area (Å²) in [6, 6.07) is 0. The molecule has 0 aromatic carbocycles. The highest BCUT2D eigenvalue weighted by atomic mass is 16.5. The van der Waals surface area contributed by atoms with Gasteiger partial charge >= 0.3 is 0 Å². The number of hydrogen-bond acceptors (Lipinski definition) is 2. The first-order valence-electron chi connectivity index (χ1n) is 6.29. The Bertz CT molecular complexity index is 309. The second kappa shape index (κ2) is 4.62. The van der Waals surface area contributed by atoms with E-state index in [0.717, 1.165) is 26.3 Å². The quantitative estimate of drug-likeness (QED) is 0.675. The molecule has 1 fully saturated rings. The summed E-state index contributed by atoms with van der Waals surface area (Å²) in [4.78, 5) is 2.49. The van der Waals surface area contributed by atoms with E-state index in [2.05, 4.69) is 37.8 Å². The summed E-state index contributed by atoms with van der Waals surface area (Å²) in [5, 5.41) is 0. The minimum absolute atomic E-state index is 0.407. The summed E-state index contributed by atoms with van der Waals surface area (Å²) >= 11 is 0. The van der Waals surface area contributed by atoms with E-state index >= 15 is 0 Å². The fraction of sp³-hybridized carbons (Fsp3) is 0.714. The van der Waals surface area contributed by atoms with Crippen LogP contribution in [0.4, 0.5) is 0 Å². The Morgan fingerprint density at radius 2 is 1.94 bits per heavy atom. The molecule has 1 aliphatic heterocycles. The van der Waals surface area contributed by atoms with Crippen LogP contribution in [0.5, 0.6) is 0 Å². The van der Waals surface area contributed by atoms with Crippen molar-refractivity contribution in [1.29, 1.82) is 0 Å². The van der Waals surface area contributed by atoms with E-state index in [4.69, 9.17) is 4.74 Å². The van der Waals surface area contributed by atoms with Crippen LogP contribution in [0.2, 0.25) is 0 Å². The van der Waals surface area contributed by atoms with E-state index < -0.39 is 0 Å². The summed E-state index contributed by atoms with van der Waals surface area (Å²) in [6.45, 7) is 10.7. The first-order valence-corrected chi connectivity index (χ1v) is 6.29. The van der Waals surface area contributed by atoms with Crippen molar-refractivity contribution >= 4 is 0 Å². The Hall–Kier alpha value is -0.760. The SMILES string of the molecule is C/C=C1/C=C(N2CCOCC2)CC(C)(C)C1. The average Bonchev–Trinajstić information content (AvgIpc) is 2.28. The molecule has 0 N–H and O–H groups in total. The molecule has 0 radical (unpaired) electrons. The molecular weight excluding hydrogens is 198 g/mol. The maximum atomic E-state index is 5.41. The van der Waals surface area contributed by atoms with Gasteiger partial charge in [0.25, 0.3) is 0 Å². The van der Waals surface area contributed by atoms with Crippen molar-refractivity contribution in [3.05, 3.63) is 23.4 Å². The van der Waals surface area contributed by atoms with Gasteiger partial charge in [0.2, 0.25) is 0 Å². The summed E-state index contributed by atoms with van der Waals surface area (Å²) in [5.41, 5.74) is 3.40. The molecule has 2 rings (SSSR count). The van der Waals surface area contributed by atoms with Gasteiger partial charge in [0.15, 0.2) is 0 Å². The predicted molar refractivity (Wildman–Crippen MR) is 67.2 cm³/mol. The van der Waals surface area contributed by atoms with Crippen molar-refractivity contribution in [2.75, 3.05) is 26.3 Å². The van der Waals surface area contributed by atoms with Crippen LogP contribution in [0.15, 0.2) is 23.4 Å². The molecule has 1 aliphatic carbocycles. The van der Waals surface area contributed by atoms with Crippen molar-refractivity contribution in [2.24, 2.45) is 5.41 Å². The van der Waals surface area contributed by atoms with Gasteiger partial charge in [0, 0.05) is 18.8 Å². The zero-order valence-corrected chi connectivity index (χ0v) is 10.8. The smallest absolute Gasteiger partial charge is 0.0642 e. The molecule has 1 saturated heterocycles. The molecule has 0 saturated carbocycles. The van der Waals surface area contributed by atoms with E-state index in [-0.39, 0.29) is 0 Å². The Morgan fingerprint density at radius 1 is 1.25 bits per heavy atom. The fourth-order valence-corrected chi connectivity index (χ4v) is 2.66. The number of rotatable bonds is 1. The van der Waals surface area contributed by atoms with Crippen molar-refractivity contribution in [3.63, 3.8) is 0 Å². The van der Waals surface area contributed by atoms with Crippen molar-refractivity contribution in [2.45, 2.75) is 33.6 Å². The Morgan fingerprint density at radius 3 is 2.56 bits per heavy atom. The van der Waals surface area contributed by atoms with E-state index in [0.29, 0.717) is 5.41 Å². The maximum absolute atomic E-state index is 5.41. The highest BCUT2D eigenvalue weighted by Gasteiger charge is 2.28. The van der Waals surface area contributed by atoms with Gasteiger partial charge in [-0.05, 0) is 31.3 Å². The first kappa shape index (κ1) is 11.7. The molecule has 2 heteroatoms. The Labute approximate surface area is 99.0 Å². The van der Waals surface area contributed by atoms with E-state index in [1.807, 2.05) is 0 Å². The summed E-state index contributed by atoms with van der Waals surface area (Å²) in [6.07, 6.45) is 7.04. The number of ether oxygens (including phenoxy) is 1. The van der Waals surface area contributed by atoms with Crippen LogP contribution in [-0.4, -0.2) is 31.2 Å².